The van der Waals surface area contributed by atoms with Gasteiger partial charge in [-0.3, -0.25) is 4.79 Å². The van der Waals surface area contributed by atoms with Crippen LogP contribution in [-0.2, 0) is 11.2 Å². The van der Waals surface area contributed by atoms with Gasteiger partial charge in [-0.15, -0.1) is 0 Å². The number of hydrogen-bond acceptors (Lipinski definition) is 5. The van der Waals surface area contributed by atoms with Gasteiger partial charge in [-0.1, -0.05) is 23.8 Å². The molecule has 0 unspecified atom stereocenters. The van der Waals surface area contributed by atoms with Crippen LogP contribution in [-0.4, -0.2) is 16.4 Å². The Labute approximate surface area is 179 Å². The van der Waals surface area contributed by atoms with Crippen molar-refractivity contribution in [3.8, 4) is 17.5 Å². The third-order valence-electron chi connectivity index (χ3n) is 5.02. The fraction of sp³-hybridized carbons (Fsp3) is 0.208. The number of rotatable bonds is 8. The van der Waals surface area contributed by atoms with E-state index in [0.29, 0.717) is 47.5 Å². The molecule has 0 saturated carbocycles. The van der Waals surface area contributed by atoms with Crippen molar-refractivity contribution in [3.05, 3.63) is 82.7 Å². The highest BCUT2D eigenvalue weighted by Crippen LogP contribution is 2.34. The zero-order chi connectivity index (χ0) is 22.4. The van der Waals surface area contributed by atoms with E-state index in [9.17, 15) is 13.6 Å². The fourth-order valence-corrected chi connectivity index (χ4v) is 3.12. The lowest BCUT2D eigenvalue weighted by atomic mass is 9.96. The van der Waals surface area contributed by atoms with Crippen LogP contribution in [0.2, 0.25) is 0 Å². The largest absolute Gasteiger partial charge is 0.428 e. The lowest BCUT2D eigenvalue weighted by Gasteiger charge is -2.14. The van der Waals surface area contributed by atoms with Crippen molar-refractivity contribution in [1.82, 2.24) is 9.97 Å². The first-order valence-corrected chi connectivity index (χ1v) is 9.69. The molecular formula is C24H22F2N2O3. The molecule has 160 valence electrons. The summed E-state index contributed by atoms with van der Waals surface area (Å²) in [6.45, 7) is 5.96. The first-order chi connectivity index (χ1) is 14.9. The SMILES string of the molecule is C/C(CCc1cccc(C)c1F)=C(/C)c1ccc(Oc2ncc(F)cn2)cc1OC=O. The number of benzene rings is 2. The number of halogens is 2. The molecule has 7 heteroatoms. The van der Waals surface area contributed by atoms with E-state index in [1.54, 1.807) is 31.2 Å². The van der Waals surface area contributed by atoms with Gasteiger partial charge in [-0.05, 0) is 62.4 Å². The Kier molecular flexibility index (Phi) is 7.07. The molecule has 0 bridgehead atoms. The van der Waals surface area contributed by atoms with E-state index < -0.39 is 5.82 Å². The molecule has 0 saturated heterocycles. The highest BCUT2D eigenvalue weighted by molar-refractivity contribution is 5.73. The monoisotopic (exact) mass is 424 g/mol. The van der Waals surface area contributed by atoms with Crippen molar-refractivity contribution < 1.29 is 23.0 Å². The summed E-state index contributed by atoms with van der Waals surface area (Å²) >= 11 is 0. The highest BCUT2D eigenvalue weighted by atomic mass is 19.1. The Morgan fingerprint density at radius 2 is 1.84 bits per heavy atom. The van der Waals surface area contributed by atoms with Gasteiger partial charge in [0.2, 0.25) is 0 Å². The zero-order valence-corrected chi connectivity index (χ0v) is 17.5. The summed E-state index contributed by atoms with van der Waals surface area (Å²) in [5.74, 6) is -0.121. The predicted molar refractivity (Wildman–Crippen MR) is 113 cm³/mol. The van der Waals surface area contributed by atoms with E-state index in [-0.39, 0.29) is 11.8 Å². The molecule has 0 aliphatic heterocycles. The summed E-state index contributed by atoms with van der Waals surface area (Å²) in [4.78, 5) is 18.5. The van der Waals surface area contributed by atoms with Gasteiger partial charge in [0.25, 0.3) is 6.47 Å². The maximum atomic E-state index is 14.3. The quantitative estimate of drug-likeness (QED) is 0.427. The van der Waals surface area contributed by atoms with Crippen molar-refractivity contribution in [2.24, 2.45) is 0 Å². The van der Waals surface area contributed by atoms with E-state index in [1.165, 1.54) is 6.07 Å². The van der Waals surface area contributed by atoms with Gasteiger partial charge in [-0.25, -0.2) is 18.7 Å². The maximum Gasteiger partial charge on any atom is 0.322 e. The standard InChI is InChI=1S/C24H22F2N2O3/c1-15(7-8-18-6-4-5-16(2)23(18)26)17(3)21-10-9-20(11-22(21)30-14-29)31-24-27-12-19(25)13-28-24/h4-6,9-14H,7-8H2,1-3H3/b17-15+. The summed E-state index contributed by atoms with van der Waals surface area (Å²) in [7, 11) is 0. The fourth-order valence-electron chi connectivity index (χ4n) is 3.12. The van der Waals surface area contributed by atoms with Crippen LogP contribution in [0.5, 0.6) is 17.5 Å². The normalized spacial score (nSPS) is 11.6. The Hall–Kier alpha value is -3.61. The van der Waals surface area contributed by atoms with Crippen molar-refractivity contribution in [2.75, 3.05) is 0 Å². The molecular weight excluding hydrogens is 402 g/mol. The summed E-state index contributed by atoms with van der Waals surface area (Å²) in [5.41, 5.74) is 3.95. The molecule has 2 aromatic carbocycles. The second-order valence-corrected chi connectivity index (χ2v) is 7.11. The summed E-state index contributed by atoms with van der Waals surface area (Å²) < 4.78 is 37.9. The lowest BCUT2D eigenvalue weighted by Crippen LogP contribution is -1.98. The summed E-state index contributed by atoms with van der Waals surface area (Å²) in [6, 6.07) is 10.3. The molecule has 0 spiro atoms. The molecule has 1 aromatic heterocycles. The van der Waals surface area contributed by atoms with Crippen LogP contribution in [0, 0.1) is 18.6 Å². The molecule has 0 N–H and O–H groups in total. The third kappa shape index (κ3) is 5.51. The van der Waals surface area contributed by atoms with Crippen LogP contribution in [0.4, 0.5) is 8.78 Å². The molecule has 5 nitrogen and oxygen atoms in total. The number of hydrogen-bond donors (Lipinski definition) is 0. The van der Waals surface area contributed by atoms with Gasteiger partial charge in [-0.2, -0.15) is 0 Å². The number of aryl methyl sites for hydroxylation is 2. The minimum absolute atomic E-state index is 0.0326. The number of ether oxygens (including phenoxy) is 2. The van der Waals surface area contributed by atoms with Crippen LogP contribution >= 0.6 is 0 Å². The van der Waals surface area contributed by atoms with Gasteiger partial charge in [0.05, 0.1) is 12.4 Å². The van der Waals surface area contributed by atoms with Crippen LogP contribution in [0.3, 0.4) is 0 Å². The second-order valence-electron chi connectivity index (χ2n) is 7.11. The van der Waals surface area contributed by atoms with Crippen LogP contribution in [0.1, 0.15) is 37.0 Å². The molecule has 0 atom stereocenters. The smallest absolute Gasteiger partial charge is 0.322 e. The molecule has 1 heterocycles. The number of carbonyl (C=O) groups is 1. The van der Waals surface area contributed by atoms with Gasteiger partial charge < -0.3 is 9.47 Å². The van der Waals surface area contributed by atoms with E-state index in [4.69, 9.17) is 9.47 Å². The van der Waals surface area contributed by atoms with E-state index >= 15 is 0 Å². The molecule has 0 fully saturated rings. The van der Waals surface area contributed by atoms with Crippen molar-refractivity contribution in [2.45, 2.75) is 33.6 Å². The molecule has 0 radical (unpaired) electrons. The van der Waals surface area contributed by atoms with E-state index in [2.05, 4.69) is 9.97 Å². The van der Waals surface area contributed by atoms with Gasteiger partial charge >= 0.3 is 6.01 Å². The molecule has 0 aliphatic carbocycles. The molecule has 3 aromatic rings. The first kappa shape index (κ1) is 22.1. The molecule has 3 rings (SSSR count). The number of aromatic nitrogens is 2. The zero-order valence-electron chi connectivity index (χ0n) is 17.5. The van der Waals surface area contributed by atoms with Crippen molar-refractivity contribution >= 4 is 12.0 Å². The summed E-state index contributed by atoms with van der Waals surface area (Å²) in [6.07, 6.45) is 3.19. The number of allylic oxidation sites excluding steroid dienone is 2. The Balaban J connectivity index is 1.82. The predicted octanol–water partition coefficient (Wildman–Crippen LogP) is 5.82. The van der Waals surface area contributed by atoms with Crippen LogP contribution in [0.15, 0.2) is 54.4 Å². The summed E-state index contributed by atoms with van der Waals surface area (Å²) in [5, 5.41) is 0. The van der Waals surface area contributed by atoms with Crippen LogP contribution < -0.4 is 9.47 Å². The first-order valence-electron chi connectivity index (χ1n) is 9.69. The van der Waals surface area contributed by atoms with Gasteiger partial charge in [0.1, 0.15) is 17.3 Å². The number of carbonyl (C=O) groups excluding carboxylic acids is 1. The van der Waals surface area contributed by atoms with E-state index in [1.807, 2.05) is 19.9 Å². The minimum Gasteiger partial charge on any atom is -0.428 e. The Morgan fingerprint density at radius 1 is 1.10 bits per heavy atom. The van der Waals surface area contributed by atoms with Crippen LogP contribution in [0.25, 0.3) is 5.57 Å². The topological polar surface area (TPSA) is 61.3 Å². The Morgan fingerprint density at radius 3 is 2.55 bits per heavy atom. The molecule has 0 aliphatic rings. The van der Waals surface area contributed by atoms with E-state index in [0.717, 1.165) is 23.5 Å². The minimum atomic E-state index is -0.575. The van der Waals surface area contributed by atoms with Gasteiger partial charge in [0.15, 0.2) is 5.82 Å². The second kappa shape index (κ2) is 9.93. The number of nitrogens with zero attached hydrogens (tertiary/aromatic N) is 2. The third-order valence-corrected chi connectivity index (χ3v) is 5.02. The van der Waals surface area contributed by atoms with Gasteiger partial charge in [0, 0.05) is 11.6 Å². The maximum absolute atomic E-state index is 14.3. The Bertz CT molecular complexity index is 1110. The average molecular weight is 424 g/mol. The average Bonchev–Trinajstić information content (AvgIpc) is 2.76. The molecule has 31 heavy (non-hydrogen) atoms. The molecule has 0 amide bonds. The van der Waals surface area contributed by atoms with Crippen molar-refractivity contribution in [1.29, 1.82) is 0 Å². The van der Waals surface area contributed by atoms with Crippen molar-refractivity contribution in [3.63, 3.8) is 0 Å². The lowest BCUT2D eigenvalue weighted by molar-refractivity contribution is -0.120. The highest BCUT2D eigenvalue weighted by Gasteiger charge is 2.13.